The highest BCUT2D eigenvalue weighted by Crippen LogP contribution is 2.45. The van der Waals surface area contributed by atoms with E-state index in [4.69, 9.17) is 9.47 Å². The number of quaternary nitrogens is 1. The van der Waals surface area contributed by atoms with Crippen LogP contribution in [0.25, 0.3) is 0 Å². The highest BCUT2D eigenvalue weighted by Gasteiger charge is 2.70. The molecule has 2 saturated heterocycles. The summed E-state index contributed by atoms with van der Waals surface area (Å²) in [4.78, 5) is 38.8. The van der Waals surface area contributed by atoms with E-state index in [1.165, 1.54) is 14.2 Å². The van der Waals surface area contributed by atoms with Crippen molar-refractivity contribution in [3.8, 4) is 5.75 Å². The first-order valence-electron chi connectivity index (χ1n) is 7.75. The fraction of sp³-hybridized carbons (Fsp3) is 0.471. The molecule has 3 rings (SSSR count). The van der Waals surface area contributed by atoms with E-state index in [9.17, 15) is 14.4 Å². The second kappa shape index (κ2) is 5.59. The zero-order valence-electron chi connectivity index (χ0n) is 14.1. The molecule has 2 heterocycles. The Morgan fingerprint density at radius 1 is 1.21 bits per heavy atom. The molecule has 7 nitrogen and oxygen atoms in total. The van der Waals surface area contributed by atoms with Crippen molar-refractivity contribution in [2.24, 2.45) is 11.8 Å². The molecule has 7 heteroatoms. The maximum absolute atomic E-state index is 12.7. The quantitative estimate of drug-likeness (QED) is 0.594. The molecule has 4 atom stereocenters. The van der Waals surface area contributed by atoms with Crippen molar-refractivity contribution < 1.29 is 29.2 Å². The molecule has 2 aliphatic heterocycles. The first kappa shape index (κ1) is 16.4. The molecule has 2 N–H and O–H groups in total. The Hall–Kier alpha value is -2.41. The molecule has 0 unspecified atom stereocenters. The van der Waals surface area contributed by atoms with Crippen LogP contribution in [0.1, 0.15) is 18.5 Å². The fourth-order valence-corrected chi connectivity index (χ4v) is 4.05. The van der Waals surface area contributed by atoms with Crippen LogP contribution in [0.5, 0.6) is 5.75 Å². The minimum absolute atomic E-state index is 0.273. The van der Waals surface area contributed by atoms with Gasteiger partial charge in [-0.25, -0.2) is 4.79 Å². The van der Waals surface area contributed by atoms with Gasteiger partial charge in [0, 0.05) is 14.0 Å². The number of imide groups is 1. The predicted molar refractivity (Wildman–Crippen MR) is 82.8 cm³/mol. The molecule has 0 spiro atoms. The van der Waals surface area contributed by atoms with E-state index in [1.807, 2.05) is 18.2 Å². The zero-order valence-corrected chi connectivity index (χ0v) is 14.1. The third-order valence-electron chi connectivity index (χ3n) is 5.25. The number of nitrogens with zero attached hydrogens (tertiary/aromatic N) is 1. The van der Waals surface area contributed by atoms with Crippen LogP contribution in [0.4, 0.5) is 0 Å². The monoisotopic (exact) mass is 333 g/mol. The fourth-order valence-electron chi connectivity index (χ4n) is 4.05. The summed E-state index contributed by atoms with van der Waals surface area (Å²) in [6, 6.07) is 6.95. The van der Waals surface area contributed by atoms with E-state index in [0.717, 1.165) is 10.5 Å². The standard InChI is InChI=1S/C17H20N2O5/c1-17(16(22)24-4)12-11(14(20)19(2)15(12)21)13(18-17)9-7-5-6-8-10(9)23-3/h5-8,11-13,18H,1-4H3/p+1/t11-,12+,13-,17-/m0/s1. The van der Waals surface area contributed by atoms with E-state index >= 15 is 0 Å². The van der Waals surface area contributed by atoms with Gasteiger partial charge in [-0.15, -0.1) is 0 Å². The van der Waals surface area contributed by atoms with E-state index < -0.39 is 29.4 Å². The van der Waals surface area contributed by atoms with Crippen LogP contribution >= 0.6 is 0 Å². The van der Waals surface area contributed by atoms with Gasteiger partial charge < -0.3 is 14.8 Å². The zero-order chi connectivity index (χ0) is 17.6. The summed E-state index contributed by atoms with van der Waals surface area (Å²) >= 11 is 0. The number of hydrogen-bond acceptors (Lipinski definition) is 5. The lowest BCUT2D eigenvalue weighted by molar-refractivity contribution is -0.731. The Morgan fingerprint density at radius 2 is 1.88 bits per heavy atom. The van der Waals surface area contributed by atoms with Gasteiger partial charge in [-0.05, 0) is 12.1 Å². The molecule has 24 heavy (non-hydrogen) atoms. The molecule has 1 aromatic rings. The van der Waals surface area contributed by atoms with E-state index in [0.29, 0.717) is 5.75 Å². The van der Waals surface area contributed by atoms with Crippen molar-refractivity contribution in [3.63, 3.8) is 0 Å². The number of benzene rings is 1. The van der Waals surface area contributed by atoms with Gasteiger partial charge in [0.2, 0.25) is 17.4 Å². The Labute approximate surface area is 139 Å². The first-order chi connectivity index (χ1) is 11.4. The highest BCUT2D eigenvalue weighted by atomic mass is 16.5. The SMILES string of the molecule is COC(=O)[C@@]1(C)[NH2+][C@@H](c2ccccc2OC)[C@H]2C(=O)N(C)C(=O)[C@@H]21. The van der Waals surface area contributed by atoms with Crippen LogP contribution in [0.3, 0.4) is 0 Å². The van der Waals surface area contributed by atoms with Gasteiger partial charge in [-0.3, -0.25) is 14.5 Å². The van der Waals surface area contributed by atoms with Gasteiger partial charge in [0.1, 0.15) is 23.6 Å². The first-order valence-corrected chi connectivity index (χ1v) is 7.75. The molecule has 0 aliphatic carbocycles. The second-order valence-corrected chi connectivity index (χ2v) is 6.45. The molecule has 0 bridgehead atoms. The average molecular weight is 333 g/mol. The van der Waals surface area contributed by atoms with Crippen molar-refractivity contribution in [1.29, 1.82) is 0 Å². The summed E-state index contributed by atoms with van der Waals surface area (Å²) < 4.78 is 10.3. The van der Waals surface area contributed by atoms with Gasteiger partial charge in [0.15, 0.2) is 0 Å². The van der Waals surface area contributed by atoms with Crippen molar-refractivity contribution in [2.45, 2.75) is 18.5 Å². The molecule has 2 amide bonds. The van der Waals surface area contributed by atoms with Crippen LogP contribution in [0.15, 0.2) is 24.3 Å². The lowest BCUT2D eigenvalue weighted by Crippen LogP contribution is -2.97. The number of hydrogen-bond donors (Lipinski definition) is 1. The van der Waals surface area contributed by atoms with Gasteiger partial charge in [0.05, 0.1) is 19.8 Å². The summed E-state index contributed by atoms with van der Waals surface area (Å²) in [5.74, 6) is -1.87. The third kappa shape index (κ3) is 2.04. The highest BCUT2D eigenvalue weighted by molar-refractivity contribution is 6.08. The number of carbonyl (C=O) groups excluding carboxylic acids is 3. The largest absolute Gasteiger partial charge is 0.496 e. The maximum atomic E-state index is 12.7. The summed E-state index contributed by atoms with van der Waals surface area (Å²) in [5, 5.41) is 1.77. The molecule has 0 saturated carbocycles. The predicted octanol–water partition coefficient (Wildman–Crippen LogP) is -0.524. The Morgan fingerprint density at radius 3 is 2.50 bits per heavy atom. The molecular weight excluding hydrogens is 312 g/mol. The van der Waals surface area contributed by atoms with E-state index in [-0.39, 0.29) is 11.8 Å². The number of methoxy groups -OCH3 is 2. The molecule has 1 aromatic carbocycles. The number of nitrogens with two attached hydrogens (primary N) is 1. The molecule has 0 aromatic heterocycles. The molecular formula is C17H21N2O5+. The minimum Gasteiger partial charge on any atom is -0.496 e. The number of rotatable bonds is 3. The Kier molecular flexibility index (Phi) is 3.83. The normalized spacial score (nSPS) is 32.0. The van der Waals surface area contributed by atoms with Crippen LogP contribution in [-0.4, -0.2) is 49.5 Å². The number of esters is 1. The lowest BCUT2D eigenvalue weighted by atomic mass is 9.80. The Balaban J connectivity index is 2.14. The van der Waals surface area contributed by atoms with Crippen molar-refractivity contribution in [1.82, 2.24) is 4.90 Å². The number of amides is 2. The smallest absolute Gasteiger partial charge is 0.368 e. The van der Waals surface area contributed by atoms with Gasteiger partial charge in [-0.2, -0.15) is 0 Å². The number of ether oxygens (including phenoxy) is 2. The molecule has 128 valence electrons. The summed E-state index contributed by atoms with van der Waals surface area (Å²) in [7, 11) is 4.30. The van der Waals surface area contributed by atoms with Crippen LogP contribution in [0, 0.1) is 11.8 Å². The van der Waals surface area contributed by atoms with Gasteiger partial charge in [0.25, 0.3) is 0 Å². The van der Waals surface area contributed by atoms with Gasteiger partial charge in [-0.1, -0.05) is 12.1 Å². The van der Waals surface area contributed by atoms with E-state index in [2.05, 4.69) is 0 Å². The summed E-state index contributed by atoms with van der Waals surface area (Å²) in [5.41, 5.74) is -0.360. The maximum Gasteiger partial charge on any atom is 0.368 e. The van der Waals surface area contributed by atoms with Crippen LogP contribution in [0.2, 0.25) is 0 Å². The van der Waals surface area contributed by atoms with Crippen molar-refractivity contribution in [3.05, 3.63) is 29.8 Å². The van der Waals surface area contributed by atoms with Crippen LogP contribution in [-0.2, 0) is 19.1 Å². The minimum atomic E-state index is -1.15. The summed E-state index contributed by atoms with van der Waals surface area (Å²) in [6.07, 6.45) is 0. The van der Waals surface area contributed by atoms with E-state index in [1.54, 1.807) is 25.4 Å². The summed E-state index contributed by atoms with van der Waals surface area (Å²) in [6.45, 7) is 1.66. The molecule has 0 radical (unpaired) electrons. The molecule has 2 aliphatic rings. The third-order valence-corrected chi connectivity index (χ3v) is 5.25. The lowest BCUT2D eigenvalue weighted by Gasteiger charge is -2.24. The number of para-hydroxylation sites is 1. The number of carbonyl (C=O) groups is 3. The second-order valence-electron chi connectivity index (χ2n) is 6.45. The number of fused-ring (bicyclic) bond motifs is 1. The average Bonchev–Trinajstić information content (AvgIpc) is 3.04. The topological polar surface area (TPSA) is 89.5 Å². The van der Waals surface area contributed by atoms with Crippen molar-refractivity contribution >= 4 is 17.8 Å². The number of likely N-dealkylation sites (tertiary alicyclic amines) is 1. The van der Waals surface area contributed by atoms with Crippen molar-refractivity contribution in [2.75, 3.05) is 21.3 Å². The Bertz CT molecular complexity index is 719. The van der Waals surface area contributed by atoms with Crippen LogP contribution < -0.4 is 10.1 Å². The molecule has 2 fully saturated rings. The van der Waals surface area contributed by atoms with Gasteiger partial charge >= 0.3 is 5.97 Å².